The van der Waals surface area contributed by atoms with E-state index in [2.05, 4.69) is 20.8 Å². The number of aromatic amines is 1. The molecule has 0 bridgehead atoms. The number of hydrogen-bond acceptors (Lipinski definition) is 5. The zero-order valence-electron chi connectivity index (χ0n) is 21.1. The number of hydrogen-bond donors (Lipinski definition) is 3. The molecule has 1 aliphatic rings. The molecule has 2 heterocycles. The molecule has 194 valence electrons. The van der Waals surface area contributed by atoms with Crippen molar-refractivity contribution < 1.29 is 19.1 Å². The largest absolute Gasteiger partial charge is 0.444 e. The van der Waals surface area contributed by atoms with Crippen molar-refractivity contribution in [1.29, 1.82) is 0 Å². The molecular weight excluding hydrogens is 493 g/mol. The van der Waals surface area contributed by atoms with Crippen molar-refractivity contribution in [2.24, 2.45) is 0 Å². The fourth-order valence-corrected chi connectivity index (χ4v) is 3.40. The molecule has 2 aromatic rings. The number of nitrogens with one attached hydrogen (secondary N) is 3. The van der Waals surface area contributed by atoms with Crippen LogP contribution >= 0.6 is 23.2 Å². The highest BCUT2D eigenvalue weighted by molar-refractivity contribution is 6.35. The first-order valence-corrected chi connectivity index (χ1v) is 12.2. The van der Waals surface area contributed by atoms with Gasteiger partial charge < -0.3 is 20.3 Å². The van der Waals surface area contributed by atoms with E-state index >= 15 is 0 Å². The Hall–Kier alpha value is -2.78. The average Bonchev–Trinajstić information content (AvgIpc) is 3.27. The number of H-pyrrole nitrogens is 1. The van der Waals surface area contributed by atoms with Crippen molar-refractivity contribution in [2.75, 3.05) is 18.4 Å². The summed E-state index contributed by atoms with van der Waals surface area (Å²) in [5.41, 5.74) is 0.955. The van der Waals surface area contributed by atoms with E-state index in [1.165, 1.54) is 6.20 Å². The molecule has 9 nitrogen and oxygen atoms in total. The van der Waals surface area contributed by atoms with Crippen LogP contribution in [0.2, 0.25) is 10.0 Å². The van der Waals surface area contributed by atoms with Crippen LogP contribution in [0.3, 0.4) is 0 Å². The fourth-order valence-electron chi connectivity index (χ4n) is 3.00. The van der Waals surface area contributed by atoms with Gasteiger partial charge in [0.05, 0.1) is 11.9 Å². The second-order valence-electron chi connectivity index (χ2n) is 8.48. The first kappa shape index (κ1) is 30.3. The Morgan fingerprint density at radius 2 is 1.74 bits per heavy atom. The Kier molecular flexibility index (Phi) is 12.6. The third-order valence-corrected chi connectivity index (χ3v) is 5.58. The van der Waals surface area contributed by atoms with Crippen LogP contribution in [0.25, 0.3) is 0 Å². The zero-order valence-corrected chi connectivity index (χ0v) is 22.6. The van der Waals surface area contributed by atoms with Crippen molar-refractivity contribution in [3.05, 3.63) is 45.7 Å². The average molecular weight is 528 g/mol. The lowest BCUT2D eigenvalue weighted by atomic mass is 10.1. The molecule has 1 aliphatic heterocycles. The highest BCUT2D eigenvalue weighted by Crippen LogP contribution is 2.22. The lowest BCUT2D eigenvalue weighted by molar-refractivity contribution is -0.105. The van der Waals surface area contributed by atoms with Gasteiger partial charge in [0, 0.05) is 29.2 Å². The minimum absolute atomic E-state index is 0.0523. The quantitative estimate of drug-likeness (QED) is 0.458. The minimum atomic E-state index is -0.523. The summed E-state index contributed by atoms with van der Waals surface area (Å²) in [6, 6.07) is 5.42. The van der Waals surface area contributed by atoms with Gasteiger partial charge in [0.25, 0.3) is 5.91 Å². The molecule has 1 aromatic heterocycles. The molecule has 3 rings (SSSR count). The van der Waals surface area contributed by atoms with Gasteiger partial charge in [0.15, 0.2) is 0 Å². The number of carbonyl (C=O) groups is 3. The van der Waals surface area contributed by atoms with Gasteiger partial charge in [-0.15, -0.1) is 0 Å². The molecule has 11 heteroatoms. The number of aromatic nitrogens is 2. The molecule has 35 heavy (non-hydrogen) atoms. The van der Waals surface area contributed by atoms with Gasteiger partial charge in [0.2, 0.25) is 6.41 Å². The van der Waals surface area contributed by atoms with E-state index in [4.69, 9.17) is 27.9 Å². The van der Waals surface area contributed by atoms with Crippen LogP contribution in [0.1, 0.15) is 63.5 Å². The summed E-state index contributed by atoms with van der Waals surface area (Å²) in [5, 5.41) is 13.1. The highest BCUT2D eigenvalue weighted by atomic mass is 35.5. The molecular formula is C24H35Cl2N5O4. The van der Waals surface area contributed by atoms with Crippen LogP contribution in [-0.2, 0) is 9.53 Å². The summed E-state index contributed by atoms with van der Waals surface area (Å²) in [6.07, 6.45) is 2.79. The maximum Gasteiger partial charge on any atom is 0.410 e. The minimum Gasteiger partial charge on any atom is -0.444 e. The summed E-state index contributed by atoms with van der Waals surface area (Å²) in [6.45, 7) is 12.4. The second-order valence-corrected chi connectivity index (χ2v) is 9.30. The number of benzene rings is 1. The molecule has 1 aromatic carbocycles. The fraction of sp³-hybridized carbons (Fsp3) is 0.500. The Bertz CT molecular complexity index is 947. The van der Waals surface area contributed by atoms with E-state index in [9.17, 15) is 14.4 Å². The molecule has 0 unspecified atom stereocenters. The molecule has 0 radical (unpaired) electrons. The van der Waals surface area contributed by atoms with Gasteiger partial charge in [-0.05, 0) is 58.2 Å². The van der Waals surface area contributed by atoms with Crippen molar-refractivity contribution in [1.82, 2.24) is 20.4 Å². The van der Waals surface area contributed by atoms with Gasteiger partial charge in [-0.25, -0.2) is 4.79 Å². The Morgan fingerprint density at radius 3 is 2.23 bits per heavy atom. The monoisotopic (exact) mass is 527 g/mol. The lowest BCUT2D eigenvalue weighted by Gasteiger charge is -2.33. The van der Waals surface area contributed by atoms with Crippen molar-refractivity contribution in [3.63, 3.8) is 0 Å². The van der Waals surface area contributed by atoms with Gasteiger partial charge in [-0.2, -0.15) is 5.10 Å². The third-order valence-electron chi connectivity index (χ3n) is 4.76. The second kappa shape index (κ2) is 14.6. The summed E-state index contributed by atoms with van der Waals surface area (Å²) in [5.74, 6) is -0.340. The first-order chi connectivity index (χ1) is 16.5. The molecule has 0 atom stereocenters. The molecule has 3 N–H and O–H groups in total. The number of piperidine rings is 1. The molecule has 0 aliphatic carbocycles. The number of ether oxygens (including phenoxy) is 1. The number of amides is 3. The van der Waals surface area contributed by atoms with Crippen LogP contribution in [0.5, 0.6) is 0 Å². The Morgan fingerprint density at radius 1 is 1.17 bits per heavy atom. The predicted octanol–water partition coefficient (Wildman–Crippen LogP) is 5.44. The van der Waals surface area contributed by atoms with E-state index in [1.54, 1.807) is 4.90 Å². The summed E-state index contributed by atoms with van der Waals surface area (Å²) >= 11 is 11.5. The molecule has 1 fully saturated rings. The van der Waals surface area contributed by atoms with Gasteiger partial charge in [-0.3, -0.25) is 14.7 Å². The smallest absolute Gasteiger partial charge is 0.410 e. The highest BCUT2D eigenvalue weighted by Gasteiger charge is 2.28. The van der Waals surface area contributed by atoms with E-state index < -0.39 is 5.60 Å². The van der Waals surface area contributed by atoms with Crippen LogP contribution < -0.4 is 10.6 Å². The van der Waals surface area contributed by atoms with Crippen LogP contribution in [0.15, 0.2) is 24.4 Å². The number of anilines is 1. The Balaban J connectivity index is 0.000000464. The molecule has 1 saturated heterocycles. The maximum atomic E-state index is 12.2. The molecule has 0 saturated carbocycles. The standard InChI is InChI=1S/C15H23N5O4.C7H6Cl2.C2H6/c1-15(2,3)24-14(23)20-6-4-10(5-7-20)18-13(22)12-11(16-9-21)8-17-19-12;1-5-6(8)3-2-4-7(5)9;1-2/h8-10H,4-7H2,1-3H3,(H,16,21)(H,17,19)(H,18,22);2-4H,1H3;1-2H3. The normalized spacial score (nSPS) is 13.4. The maximum absolute atomic E-state index is 12.2. The number of carbonyl (C=O) groups excluding carboxylic acids is 3. The van der Waals surface area contributed by atoms with Crippen LogP contribution in [0.4, 0.5) is 10.5 Å². The number of halogens is 2. The van der Waals surface area contributed by atoms with E-state index in [0.717, 1.165) is 15.6 Å². The first-order valence-electron chi connectivity index (χ1n) is 11.4. The zero-order chi connectivity index (χ0) is 26.6. The van der Waals surface area contributed by atoms with Crippen LogP contribution in [0, 0.1) is 6.92 Å². The summed E-state index contributed by atoms with van der Waals surface area (Å²) < 4.78 is 5.34. The van der Waals surface area contributed by atoms with Crippen LogP contribution in [-0.4, -0.2) is 58.2 Å². The van der Waals surface area contributed by atoms with Crippen molar-refractivity contribution in [2.45, 2.75) is 66.0 Å². The van der Waals surface area contributed by atoms with Crippen molar-refractivity contribution >= 4 is 47.3 Å². The SMILES string of the molecule is CC.CC(C)(C)OC(=O)N1CCC(NC(=O)c2[nH]ncc2NC=O)CC1.Cc1c(Cl)cccc1Cl. The molecule has 3 amide bonds. The predicted molar refractivity (Wildman–Crippen MR) is 139 cm³/mol. The molecule has 0 spiro atoms. The number of nitrogens with zero attached hydrogens (tertiary/aromatic N) is 2. The van der Waals surface area contributed by atoms with E-state index in [-0.39, 0.29) is 23.7 Å². The lowest BCUT2D eigenvalue weighted by Crippen LogP contribution is -2.47. The van der Waals surface area contributed by atoms with Crippen molar-refractivity contribution in [3.8, 4) is 0 Å². The number of rotatable bonds is 4. The van der Waals surface area contributed by atoms with E-state index in [1.807, 2.05) is 59.7 Å². The summed E-state index contributed by atoms with van der Waals surface area (Å²) in [4.78, 5) is 36.4. The van der Waals surface area contributed by atoms with Gasteiger partial charge in [-0.1, -0.05) is 43.1 Å². The Labute approximate surface area is 216 Å². The van der Waals surface area contributed by atoms with Gasteiger partial charge in [0.1, 0.15) is 11.3 Å². The third kappa shape index (κ3) is 10.2. The topological polar surface area (TPSA) is 116 Å². The van der Waals surface area contributed by atoms with E-state index in [0.29, 0.717) is 38.0 Å². The van der Waals surface area contributed by atoms with Gasteiger partial charge >= 0.3 is 6.09 Å². The summed E-state index contributed by atoms with van der Waals surface area (Å²) in [7, 11) is 0. The number of likely N-dealkylation sites (tertiary alicyclic amines) is 1.